The fourth-order valence-electron chi connectivity index (χ4n) is 1.60. The Bertz CT molecular complexity index is 177. The molecule has 2 aliphatic carbocycles. The van der Waals surface area contributed by atoms with Gasteiger partial charge in [-0.3, -0.25) is 0 Å². The van der Waals surface area contributed by atoms with Crippen molar-refractivity contribution in [2.75, 3.05) is 0 Å². The van der Waals surface area contributed by atoms with Crippen molar-refractivity contribution in [2.45, 2.75) is 25.7 Å². The molecule has 0 nitrogen and oxygen atoms in total. The summed E-state index contributed by atoms with van der Waals surface area (Å²) in [6, 6.07) is 0. The Hall–Kier alpha value is 0.103. The first-order chi connectivity index (χ1) is 4.47. The molecule has 2 rings (SSSR count). The van der Waals surface area contributed by atoms with Crippen LogP contribution >= 0.6 is 0 Å². The largest absolute Gasteiger partial charge is 0.0802 e. The van der Waals surface area contributed by atoms with Crippen LogP contribution in [-0.2, 0) is 19.5 Å². The minimum atomic E-state index is 0. The van der Waals surface area contributed by atoms with E-state index in [-0.39, 0.29) is 19.5 Å². The van der Waals surface area contributed by atoms with E-state index in [1.807, 2.05) is 0 Å². The summed E-state index contributed by atoms with van der Waals surface area (Å²) in [5.41, 5.74) is 3.29. The first kappa shape index (κ1) is 8.20. The number of hydrogen-bond donors (Lipinski definition) is 0. The quantitative estimate of drug-likeness (QED) is 0.550. The van der Waals surface area contributed by atoms with E-state index in [9.17, 15) is 0 Å². The number of rotatable bonds is 0. The standard InChI is InChI=1S/C9H11.Ru/c1-2-5-9-7-3-6-8(9)4-1;/h1,3,6H,2,4-5,7H2;. The van der Waals surface area contributed by atoms with Crippen LogP contribution in [0.4, 0.5) is 0 Å². The second-order valence-corrected chi connectivity index (χ2v) is 2.77. The van der Waals surface area contributed by atoms with E-state index in [2.05, 4.69) is 18.6 Å². The average Bonchev–Trinajstić information content (AvgIpc) is 2.33. The molecule has 0 fully saturated rings. The van der Waals surface area contributed by atoms with E-state index >= 15 is 0 Å². The summed E-state index contributed by atoms with van der Waals surface area (Å²) in [4.78, 5) is 0. The first-order valence-electron chi connectivity index (χ1n) is 3.66. The molecule has 0 aliphatic heterocycles. The molecule has 0 unspecified atom stereocenters. The molecular weight excluding hydrogens is 209 g/mol. The zero-order valence-corrected chi connectivity index (χ0v) is 7.65. The van der Waals surface area contributed by atoms with Gasteiger partial charge in [0, 0.05) is 19.5 Å². The Morgan fingerprint density at radius 2 is 2.10 bits per heavy atom. The van der Waals surface area contributed by atoms with Gasteiger partial charge in [0.2, 0.25) is 0 Å². The van der Waals surface area contributed by atoms with Gasteiger partial charge in [0.1, 0.15) is 0 Å². The SMILES string of the molecule is [CH]1CCC2=C(C=CC2)C1.[Ru]. The van der Waals surface area contributed by atoms with Crippen LogP contribution in [0.1, 0.15) is 25.7 Å². The van der Waals surface area contributed by atoms with Gasteiger partial charge in [-0.1, -0.05) is 17.7 Å². The molecule has 55 valence electrons. The van der Waals surface area contributed by atoms with Gasteiger partial charge in [-0.2, -0.15) is 0 Å². The van der Waals surface area contributed by atoms with Crippen LogP contribution in [0.3, 0.4) is 0 Å². The molecule has 1 radical (unpaired) electrons. The van der Waals surface area contributed by atoms with Crippen LogP contribution in [0.25, 0.3) is 0 Å². The van der Waals surface area contributed by atoms with Gasteiger partial charge in [0.25, 0.3) is 0 Å². The predicted octanol–water partition coefficient (Wildman–Crippen LogP) is 2.63. The smallest absolute Gasteiger partial charge is 0 e. The van der Waals surface area contributed by atoms with Crippen LogP contribution in [0, 0.1) is 6.42 Å². The van der Waals surface area contributed by atoms with Crippen molar-refractivity contribution in [1.82, 2.24) is 0 Å². The zero-order valence-electron chi connectivity index (χ0n) is 5.91. The van der Waals surface area contributed by atoms with Gasteiger partial charge in [-0.15, -0.1) is 0 Å². The van der Waals surface area contributed by atoms with Gasteiger partial charge < -0.3 is 0 Å². The molecule has 0 spiro atoms. The fourth-order valence-corrected chi connectivity index (χ4v) is 1.60. The second-order valence-electron chi connectivity index (χ2n) is 2.77. The summed E-state index contributed by atoms with van der Waals surface area (Å²) in [5.74, 6) is 0. The topological polar surface area (TPSA) is 0 Å². The summed E-state index contributed by atoms with van der Waals surface area (Å²) < 4.78 is 0. The maximum Gasteiger partial charge on any atom is 0 e. The van der Waals surface area contributed by atoms with E-state index in [0.717, 1.165) is 0 Å². The molecule has 0 aromatic carbocycles. The molecule has 2 aliphatic rings. The summed E-state index contributed by atoms with van der Waals surface area (Å²) >= 11 is 0. The Morgan fingerprint density at radius 3 is 2.90 bits per heavy atom. The minimum Gasteiger partial charge on any atom is -0.0802 e. The third kappa shape index (κ3) is 1.40. The van der Waals surface area contributed by atoms with Crippen LogP contribution < -0.4 is 0 Å². The fraction of sp³-hybridized carbons (Fsp3) is 0.444. The van der Waals surface area contributed by atoms with Gasteiger partial charge in [0.15, 0.2) is 0 Å². The molecule has 0 saturated carbocycles. The monoisotopic (exact) mass is 221 g/mol. The van der Waals surface area contributed by atoms with E-state index in [1.165, 1.54) is 25.7 Å². The summed E-state index contributed by atoms with van der Waals surface area (Å²) in [6.45, 7) is 0. The van der Waals surface area contributed by atoms with Gasteiger partial charge in [-0.25, -0.2) is 0 Å². The number of allylic oxidation sites excluding steroid dienone is 4. The molecule has 0 amide bonds. The third-order valence-corrected chi connectivity index (χ3v) is 2.15. The van der Waals surface area contributed by atoms with E-state index in [4.69, 9.17) is 0 Å². The molecule has 0 aromatic rings. The Morgan fingerprint density at radius 1 is 1.20 bits per heavy atom. The first-order valence-corrected chi connectivity index (χ1v) is 3.66. The molecule has 1 heteroatoms. The molecular formula is C9H11Ru. The maximum absolute atomic E-state index is 2.38. The van der Waals surface area contributed by atoms with Crippen molar-refractivity contribution < 1.29 is 19.5 Å². The van der Waals surface area contributed by atoms with Gasteiger partial charge >= 0.3 is 0 Å². The Kier molecular flexibility index (Phi) is 2.86. The summed E-state index contributed by atoms with van der Waals surface area (Å²) in [7, 11) is 0. The van der Waals surface area contributed by atoms with Crippen molar-refractivity contribution in [2.24, 2.45) is 0 Å². The van der Waals surface area contributed by atoms with Crippen molar-refractivity contribution in [1.29, 1.82) is 0 Å². The molecule has 0 atom stereocenters. The van der Waals surface area contributed by atoms with E-state index in [0.29, 0.717) is 0 Å². The Labute approximate surface area is 75.2 Å². The molecule has 0 saturated heterocycles. The van der Waals surface area contributed by atoms with Gasteiger partial charge in [0.05, 0.1) is 0 Å². The van der Waals surface area contributed by atoms with E-state index in [1.54, 1.807) is 11.1 Å². The molecule has 10 heavy (non-hydrogen) atoms. The minimum absolute atomic E-state index is 0. The zero-order chi connectivity index (χ0) is 6.10. The summed E-state index contributed by atoms with van der Waals surface area (Å²) in [6.07, 6.45) is 12.0. The third-order valence-electron chi connectivity index (χ3n) is 2.15. The molecule has 0 bridgehead atoms. The van der Waals surface area contributed by atoms with Crippen LogP contribution in [0.2, 0.25) is 0 Å². The van der Waals surface area contributed by atoms with Crippen LogP contribution in [0.5, 0.6) is 0 Å². The maximum atomic E-state index is 2.38. The second kappa shape index (κ2) is 3.48. The summed E-state index contributed by atoms with van der Waals surface area (Å²) in [5, 5.41) is 0. The Balaban J connectivity index is 0.000000500. The van der Waals surface area contributed by atoms with Crippen molar-refractivity contribution >= 4 is 0 Å². The number of hydrogen-bond acceptors (Lipinski definition) is 0. The molecule has 0 heterocycles. The van der Waals surface area contributed by atoms with Crippen LogP contribution in [0.15, 0.2) is 23.3 Å². The van der Waals surface area contributed by atoms with E-state index < -0.39 is 0 Å². The van der Waals surface area contributed by atoms with Gasteiger partial charge in [-0.05, 0) is 37.7 Å². The normalized spacial score (nSPS) is 22.4. The van der Waals surface area contributed by atoms with Crippen molar-refractivity contribution in [3.63, 3.8) is 0 Å². The van der Waals surface area contributed by atoms with Crippen LogP contribution in [-0.4, -0.2) is 0 Å². The molecule has 0 aromatic heterocycles. The van der Waals surface area contributed by atoms with Crippen molar-refractivity contribution in [3.05, 3.63) is 29.7 Å². The predicted molar refractivity (Wildman–Crippen MR) is 38.9 cm³/mol. The molecule has 0 N–H and O–H groups in total. The van der Waals surface area contributed by atoms with Crippen molar-refractivity contribution in [3.8, 4) is 0 Å². The average molecular weight is 220 g/mol.